The molecule has 108 valence electrons. The van der Waals surface area contributed by atoms with Gasteiger partial charge < -0.3 is 10.4 Å². The van der Waals surface area contributed by atoms with Crippen LogP contribution in [-0.2, 0) is 4.79 Å². The van der Waals surface area contributed by atoms with Crippen molar-refractivity contribution < 1.29 is 9.90 Å². The number of carbonyl (C=O) groups is 1. The van der Waals surface area contributed by atoms with Gasteiger partial charge in [-0.25, -0.2) is 4.98 Å². The van der Waals surface area contributed by atoms with E-state index in [1.165, 1.54) is 0 Å². The summed E-state index contributed by atoms with van der Waals surface area (Å²) in [7, 11) is 0. The maximum atomic E-state index is 10.4. The highest BCUT2D eigenvalue weighted by atomic mass is 16.4. The quantitative estimate of drug-likeness (QED) is 0.762. The van der Waals surface area contributed by atoms with Crippen LogP contribution in [-0.4, -0.2) is 22.6 Å². The molecule has 1 heterocycles. The number of aromatic nitrogens is 1. The van der Waals surface area contributed by atoms with Crippen molar-refractivity contribution in [2.45, 2.75) is 25.7 Å². The first-order valence-electron chi connectivity index (χ1n) is 6.96. The summed E-state index contributed by atoms with van der Waals surface area (Å²) in [6.45, 7) is 0.714. The van der Waals surface area contributed by atoms with Gasteiger partial charge in [0, 0.05) is 24.5 Å². The number of aliphatic carboxylic acids is 1. The van der Waals surface area contributed by atoms with Crippen molar-refractivity contribution in [3.8, 4) is 6.07 Å². The number of nitrogens with zero attached hydrogens (tertiary/aromatic N) is 2. The van der Waals surface area contributed by atoms with Crippen LogP contribution in [0.15, 0.2) is 30.5 Å². The Morgan fingerprint density at radius 2 is 2.14 bits per heavy atom. The molecule has 2 aromatic rings. The molecule has 0 radical (unpaired) electrons. The van der Waals surface area contributed by atoms with Gasteiger partial charge in [-0.05, 0) is 30.4 Å². The summed E-state index contributed by atoms with van der Waals surface area (Å²) in [5.74, 6) is -0.0415. The molecule has 5 nitrogen and oxygen atoms in total. The highest BCUT2D eigenvalue weighted by molar-refractivity contribution is 5.96. The second kappa shape index (κ2) is 7.25. The number of fused-ring (bicyclic) bond motifs is 1. The van der Waals surface area contributed by atoms with Gasteiger partial charge in [0.05, 0.1) is 11.6 Å². The molecule has 21 heavy (non-hydrogen) atoms. The smallest absolute Gasteiger partial charge is 0.303 e. The van der Waals surface area contributed by atoms with E-state index in [2.05, 4.69) is 16.4 Å². The van der Waals surface area contributed by atoms with Crippen LogP contribution < -0.4 is 5.32 Å². The fraction of sp³-hybridized carbons (Fsp3) is 0.312. The minimum absolute atomic E-state index is 0.213. The molecule has 0 aliphatic rings. The lowest BCUT2D eigenvalue weighted by molar-refractivity contribution is -0.137. The first-order valence-corrected chi connectivity index (χ1v) is 6.96. The van der Waals surface area contributed by atoms with E-state index in [0.717, 1.165) is 23.6 Å². The van der Waals surface area contributed by atoms with Crippen molar-refractivity contribution in [2.75, 3.05) is 11.9 Å². The Hall–Kier alpha value is -2.61. The minimum Gasteiger partial charge on any atom is -0.481 e. The van der Waals surface area contributed by atoms with Crippen LogP contribution in [0.2, 0.25) is 0 Å². The van der Waals surface area contributed by atoms with Gasteiger partial charge >= 0.3 is 5.97 Å². The lowest BCUT2D eigenvalue weighted by atomic mass is 10.1. The van der Waals surface area contributed by atoms with Gasteiger partial charge in [-0.15, -0.1) is 0 Å². The summed E-state index contributed by atoms with van der Waals surface area (Å²) in [5.41, 5.74) is 0.606. The summed E-state index contributed by atoms with van der Waals surface area (Å²) in [6.07, 6.45) is 4.35. The standard InChI is InChI=1S/C16H17N3O2/c17-11-13-6-4-5-12-8-10-19-16(15(12)13)18-9-3-1-2-7-14(20)21/h4-6,8,10H,1-3,7,9H2,(H,18,19)(H,20,21). The lowest BCUT2D eigenvalue weighted by Crippen LogP contribution is -2.05. The highest BCUT2D eigenvalue weighted by Crippen LogP contribution is 2.24. The average molecular weight is 283 g/mol. The molecule has 0 unspecified atom stereocenters. The molecule has 1 aromatic carbocycles. The van der Waals surface area contributed by atoms with Crippen molar-refractivity contribution >= 4 is 22.6 Å². The summed E-state index contributed by atoms with van der Waals surface area (Å²) in [5, 5.41) is 22.8. The summed E-state index contributed by atoms with van der Waals surface area (Å²) in [4.78, 5) is 14.7. The number of hydrogen-bond acceptors (Lipinski definition) is 4. The van der Waals surface area contributed by atoms with E-state index < -0.39 is 5.97 Å². The molecular weight excluding hydrogens is 266 g/mol. The van der Waals surface area contributed by atoms with Crippen LogP contribution in [0.5, 0.6) is 0 Å². The normalized spacial score (nSPS) is 10.2. The minimum atomic E-state index is -0.752. The fourth-order valence-corrected chi connectivity index (χ4v) is 2.24. The summed E-state index contributed by atoms with van der Waals surface area (Å²) < 4.78 is 0. The molecule has 0 spiro atoms. The molecular formula is C16H17N3O2. The second-order valence-electron chi connectivity index (χ2n) is 4.81. The number of rotatable bonds is 7. The van der Waals surface area contributed by atoms with E-state index in [4.69, 9.17) is 5.11 Å². The number of unbranched alkanes of at least 4 members (excludes halogenated alkanes) is 2. The molecule has 0 amide bonds. The van der Waals surface area contributed by atoms with Gasteiger partial charge in [-0.1, -0.05) is 18.6 Å². The Balaban J connectivity index is 1.99. The van der Waals surface area contributed by atoms with Gasteiger partial charge in [0.2, 0.25) is 0 Å². The first-order chi connectivity index (χ1) is 10.2. The molecule has 1 aromatic heterocycles. The number of benzene rings is 1. The van der Waals surface area contributed by atoms with Gasteiger partial charge in [0.15, 0.2) is 0 Å². The SMILES string of the molecule is N#Cc1cccc2ccnc(NCCCCCC(=O)O)c12. The van der Waals surface area contributed by atoms with Crippen molar-refractivity contribution in [1.82, 2.24) is 4.98 Å². The average Bonchev–Trinajstić information content (AvgIpc) is 2.49. The molecule has 2 rings (SSSR count). The second-order valence-corrected chi connectivity index (χ2v) is 4.81. The zero-order chi connectivity index (χ0) is 15.1. The van der Waals surface area contributed by atoms with E-state index in [1.54, 1.807) is 12.3 Å². The number of hydrogen-bond donors (Lipinski definition) is 2. The molecule has 0 aliphatic heterocycles. The molecule has 0 fully saturated rings. The van der Waals surface area contributed by atoms with Gasteiger partial charge in [-0.3, -0.25) is 4.79 Å². The zero-order valence-corrected chi connectivity index (χ0v) is 11.7. The predicted molar refractivity (Wildman–Crippen MR) is 81.1 cm³/mol. The molecule has 0 bridgehead atoms. The Morgan fingerprint density at radius 1 is 1.29 bits per heavy atom. The lowest BCUT2D eigenvalue weighted by Gasteiger charge is -2.09. The van der Waals surface area contributed by atoms with Crippen molar-refractivity contribution in [2.24, 2.45) is 0 Å². The van der Waals surface area contributed by atoms with E-state index in [9.17, 15) is 10.1 Å². The van der Waals surface area contributed by atoms with Crippen molar-refractivity contribution in [1.29, 1.82) is 5.26 Å². The monoisotopic (exact) mass is 283 g/mol. The topological polar surface area (TPSA) is 86.0 Å². The van der Waals surface area contributed by atoms with Gasteiger partial charge in [0.1, 0.15) is 5.82 Å². The first kappa shape index (κ1) is 14.8. The largest absolute Gasteiger partial charge is 0.481 e. The molecule has 0 saturated heterocycles. The Bertz CT molecular complexity index is 672. The Kier molecular flexibility index (Phi) is 5.10. The van der Waals surface area contributed by atoms with Gasteiger partial charge in [0.25, 0.3) is 0 Å². The van der Waals surface area contributed by atoms with Crippen molar-refractivity contribution in [3.05, 3.63) is 36.0 Å². The number of nitriles is 1. The van der Waals surface area contributed by atoms with E-state index >= 15 is 0 Å². The van der Waals surface area contributed by atoms with E-state index in [-0.39, 0.29) is 6.42 Å². The van der Waals surface area contributed by atoms with E-state index in [0.29, 0.717) is 24.3 Å². The number of carboxylic acids is 1. The Morgan fingerprint density at radius 3 is 2.90 bits per heavy atom. The van der Waals surface area contributed by atoms with Crippen LogP contribution in [0.25, 0.3) is 10.8 Å². The Labute approximate surface area is 123 Å². The fourth-order valence-electron chi connectivity index (χ4n) is 2.24. The number of carboxylic acid groups (broad SMARTS) is 1. The third-order valence-corrected chi connectivity index (χ3v) is 3.27. The van der Waals surface area contributed by atoms with Crippen LogP contribution in [0.1, 0.15) is 31.2 Å². The predicted octanol–water partition coefficient (Wildman–Crippen LogP) is 3.16. The summed E-state index contributed by atoms with van der Waals surface area (Å²) >= 11 is 0. The van der Waals surface area contributed by atoms with Crippen LogP contribution in [0, 0.1) is 11.3 Å². The van der Waals surface area contributed by atoms with E-state index in [1.807, 2.05) is 18.2 Å². The molecule has 0 atom stereocenters. The molecule has 0 aliphatic carbocycles. The molecule has 2 N–H and O–H groups in total. The maximum absolute atomic E-state index is 10.4. The number of anilines is 1. The third-order valence-electron chi connectivity index (χ3n) is 3.27. The van der Waals surface area contributed by atoms with Crippen LogP contribution >= 0.6 is 0 Å². The number of nitrogens with one attached hydrogen (secondary N) is 1. The zero-order valence-electron chi connectivity index (χ0n) is 11.7. The van der Waals surface area contributed by atoms with Crippen LogP contribution in [0.3, 0.4) is 0 Å². The third kappa shape index (κ3) is 3.93. The summed E-state index contributed by atoms with van der Waals surface area (Å²) in [6, 6.07) is 9.66. The molecule has 5 heteroatoms. The van der Waals surface area contributed by atoms with Crippen molar-refractivity contribution in [3.63, 3.8) is 0 Å². The highest BCUT2D eigenvalue weighted by Gasteiger charge is 2.06. The maximum Gasteiger partial charge on any atom is 0.303 e. The number of pyridine rings is 1. The van der Waals surface area contributed by atoms with Gasteiger partial charge in [-0.2, -0.15) is 5.26 Å². The molecule has 0 saturated carbocycles. The van der Waals surface area contributed by atoms with Crippen LogP contribution in [0.4, 0.5) is 5.82 Å².